The third-order valence-corrected chi connectivity index (χ3v) is 32.1. The molecule has 0 N–H and O–H groups in total. The number of rotatable bonds is 19. The summed E-state index contributed by atoms with van der Waals surface area (Å²) in [5.74, 6) is 0. The van der Waals surface area contributed by atoms with Crippen LogP contribution in [0.4, 0.5) is 0 Å². The summed E-state index contributed by atoms with van der Waals surface area (Å²) in [6.45, 7) is 20.7. The summed E-state index contributed by atoms with van der Waals surface area (Å²) in [4.78, 5) is 0. The van der Waals surface area contributed by atoms with E-state index in [2.05, 4.69) is 55.0 Å². The molecule has 0 aliphatic heterocycles. The first-order chi connectivity index (χ1) is 14.0. The van der Waals surface area contributed by atoms with E-state index in [-0.39, 0.29) is 12.4 Å². The second-order valence-corrected chi connectivity index (χ2v) is 32.0. The smallest absolute Gasteiger partial charge is 1.00 e. The number of hydrogen-bond donors (Lipinski definition) is 0. The van der Waals surface area contributed by atoms with Gasteiger partial charge in [0.25, 0.3) is 0 Å². The third kappa shape index (κ3) is 20.2. The molecule has 3 heteroatoms. The van der Waals surface area contributed by atoms with Crippen molar-refractivity contribution >= 4 is 38.1 Å². The van der Waals surface area contributed by atoms with E-state index in [0.717, 1.165) is 0 Å². The van der Waals surface area contributed by atoms with Crippen LogP contribution in [-0.2, 0) is 0 Å². The van der Waals surface area contributed by atoms with Gasteiger partial charge in [0.15, 0.2) is 0 Å². The van der Waals surface area contributed by atoms with E-state index in [1.165, 1.54) is 77.0 Å². The molecule has 0 fully saturated rings. The van der Waals surface area contributed by atoms with Gasteiger partial charge in [-0.2, -0.15) is 0 Å². The Bertz CT molecular complexity index is 303. The normalized spacial score (nSPS) is 10.8. The molecule has 0 aromatic rings. The molecule has 0 nitrogen and oxygen atoms in total. The van der Waals surface area contributed by atoms with E-state index in [4.69, 9.17) is 0 Å². The molecule has 0 heterocycles. The standard InChI is InChI=1S/6C4H9.C3H5.ClH.2Sn/c6*1-3-4-2;1-3-2;;;/h6*1,3-4H2,2H3;1H2,2H3;1H;;/q;;;;;;;;;+1/p-1. The molecule has 0 spiro atoms. The summed E-state index contributed by atoms with van der Waals surface area (Å²) >= 11 is -2.78. The SMILES string of the molecule is C=[C](C)[Sn]([CH2]CCC)([CH2]CCC)[CH2]CCC.CCC[CH2][Sn+]([CH2]CCC)[CH2]CCC.[Cl-]. The fraction of sp³-hybridized carbons (Fsp3) is 0.926. The minimum absolute atomic E-state index is 0. The second kappa shape index (κ2) is 26.9. The maximum Gasteiger partial charge on any atom is -1.00 e. The molecule has 182 valence electrons. The van der Waals surface area contributed by atoms with Gasteiger partial charge >= 0.3 is 200 Å². The number of allylic oxidation sites excluding steroid dienone is 1. The molecule has 0 radical (unpaired) electrons. The monoisotopic (exact) mass is 658 g/mol. The number of unbranched alkanes of at least 4 members (excludes halogenated alkanes) is 6. The molecule has 0 atom stereocenters. The first kappa shape index (κ1) is 36.2. The zero-order valence-corrected chi connectivity index (χ0v) is 28.8. The van der Waals surface area contributed by atoms with Crippen LogP contribution in [0.2, 0.25) is 26.6 Å². The van der Waals surface area contributed by atoms with Crippen molar-refractivity contribution < 1.29 is 12.4 Å². The number of halogens is 1. The average Bonchev–Trinajstić information content (AvgIpc) is 2.73. The van der Waals surface area contributed by atoms with Crippen LogP contribution >= 0.6 is 0 Å². The number of hydrogen-bond acceptors (Lipinski definition) is 0. The van der Waals surface area contributed by atoms with Gasteiger partial charge in [0.05, 0.1) is 0 Å². The first-order valence-electron chi connectivity index (χ1n) is 13.5. The van der Waals surface area contributed by atoms with E-state index in [1.807, 2.05) is 0 Å². The molecule has 30 heavy (non-hydrogen) atoms. The van der Waals surface area contributed by atoms with Crippen molar-refractivity contribution in [3.63, 3.8) is 0 Å². The predicted molar refractivity (Wildman–Crippen MR) is 145 cm³/mol. The van der Waals surface area contributed by atoms with Crippen molar-refractivity contribution in [1.82, 2.24) is 0 Å². The Kier molecular flexibility index (Phi) is 32.4. The minimum Gasteiger partial charge on any atom is -1.00 e. The maximum absolute atomic E-state index is 4.38. The van der Waals surface area contributed by atoms with Crippen molar-refractivity contribution in [3.05, 3.63) is 10.2 Å². The summed E-state index contributed by atoms with van der Waals surface area (Å²) in [6, 6.07) is 0. The minimum atomic E-state index is -1.94. The fourth-order valence-electron chi connectivity index (χ4n) is 4.22. The van der Waals surface area contributed by atoms with Gasteiger partial charge in [-0.3, -0.25) is 0 Å². The van der Waals surface area contributed by atoms with Crippen molar-refractivity contribution in [2.24, 2.45) is 0 Å². The van der Waals surface area contributed by atoms with Gasteiger partial charge in [-0.15, -0.1) is 0 Å². The van der Waals surface area contributed by atoms with Crippen molar-refractivity contribution in [3.8, 4) is 0 Å². The molecule has 0 aliphatic rings. The van der Waals surface area contributed by atoms with E-state index in [9.17, 15) is 0 Å². The molecule has 0 aromatic heterocycles. The van der Waals surface area contributed by atoms with Crippen LogP contribution in [0.5, 0.6) is 0 Å². The summed E-state index contributed by atoms with van der Waals surface area (Å²) in [7, 11) is 0. The van der Waals surface area contributed by atoms with Crippen LogP contribution in [0.25, 0.3) is 0 Å². The predicted octanol–water partition coefficient (Wildman–Crippen LogP) is 7.84. The second-order valence-electron chi connectivity index (χ2n) is 9.43. The summed E-state index contributed by atoms with van der Waals surface area (Å²) < 4.78 is 11.4. The van der Waals surface area contributed by atoms with Crippen LogP contribution < -0.4 is 12.4 Å². The summed E-state index contributed by atoms with van der Waals surface area (Å²) in [6.07, 6.45) is 17.3. The Hall–Kier alpha value is 1.63. The zero-order chi connectivity index (χ0) is 22.4. The van der Waals surface area contributed by atoms with Gasteiger partial charge in [0, 0.05) is 0 Å². The van der Waals surface area contributed by atoms with E-state index in [1.54, 1.807) is 30.2 Å². The Morgan fingerprint density at radius 3 is 1.03 bits per heavy atom. The van der Waals surface area contributed by atoms with Crippen LogP contribution in [0.1, 0.15) is 126 Å². The summed E-state index contributed by atoms with van der Waals surface area (Å²) in [5.41, 5.74) is 0. The van der Waals surface area contributed by atoms with Gasteiger partial charge < -0.3 is 12.4 Å². The van der Waals surface area contributed by atoms with Crippen molar-refractivity contribution in [2.45, 2.75) is 152 Å². The Labute approximate surface area is 211 Å². The molecule has 0 saturated heterocycles. The van der Waals surface area contributed by atoms with Crippen LogP contribution in [0, 0.1) is 0 Å². The van der Waals surface area contributed by atoms with Crippen molar-refractivity contribution in [1.29, 1.82) is 0 Å². The molecule has 0 amide bonds. The largest absolute Gasteiger partial charge is 1.00 e. The van der Waals surface area contributed by atoms with Gasteiger partial charge in [-0.05, 0) is 0 Å². The molecular formula is C27H59ClSn2. The van der Waals surface area contributed by atoms with Gasteiger partial charge in [-0.1, -0.05) is 0 Å². The van der Waals surface area contributed by atoms with Gasteiger partial charge in [0.1, 0.15) is 0 Å². The van der Waals surface area contributed by atoms with Crippen molar-refractivity contribution in [2.75, 3.05) is 0 Å². The van der Waals surface area contributed by atoms with E-state index >= 15 is 0 Å². The molecule has 0 aliphatic carbocycles. The molecule has 0 rings (SSSR count). The Morgan fingerprint density at radius 2 is 0.833 bits per heavy atom. The average molecular weight is 657 g/mol. The molecule has 0 unspecified atom stereocenters. The molecule has 0 saturated carbocycles. The van der Waals surface area contributed by atoms with Crippen LogP contribution in [0.3, 0.4) is 0 Å². The Morgan fingerprint density at radius 1 is 0.567 bits per heavy atom. The van der Waals surface area contributed by atoms with Crippen LogP contribution in [0.15, 0.2) is 10.2 Å². The molecule has 0 aromatic carbocycles. The van der Waals surface area contributed by atoms with Gasteiger partial charge in [-0.25, -0.2) is 0 Å². The van der Waals surface area contributed by atoms with E-state index in [0.29, 0.717) is 0 Å². The molecule has 0 bridgehead atoms. The molecular weight excluding hydrogens is 597 g/mol. The zero-order valence-electron chi connectivity index (χ0n) is 22.3. The topological polar surface area (TPSA) is 0 Å². The fourth-order valence-corrected chi connectivity index (χ4v) is 28.3. The Balaban J connectivity index is -0.000000480. The van der Waals surface area contributed by atoms with Gasteiger partial charge in [0.2, 0.25) is 0 Å². The first-order valence-corrected chi connectivity index (χ1v) is 27.0. The maximum atomic E-state index is 4.38. The quantitative estimate of drug-likeness (QED) is 0.124. The third-order valence-electron chi connectivity index (χ3n) is 6.58. The van der Waals surface area contributed by atoms with E-state index < -0.39 is 38.1 Å². The summed E-state index contributed by atoms with van der Waals surface area (Å²) in [5, 5.41) is 0. The van der Waals surface area contributed by atoms with Crippen LogP contribution in [-0.4, -0.2) is 38.1 Å².